The average molecular weight is 608 g/mol. The van der Waals surface area contributed by atoms with Crippen LogP contribution in [-0.4, -0.2) is 54.4 Å². The van der Waals surface area contributed by atoms with Gasteiger partial charge in [-0.1, -0.05) is 24.4 Å². The van der Waals surface area contributed by atoms with Gasteiger partial charge in [0.1, 0.15) is 11.5 Å². The van der Waals surface area contributed by atoms with Crippen molar-refractivity contribution in [1.82, 2.24) is 4.31 Å². The molecular formula is C27H30ClN3O7S2. The minimum atomic E-state index is -4.00. The maximum Gasteiger partial charge on any atom is 0.262 e. The van der Waals surface area contributed by atoms with Crippen molar-refractivity contribution in [2.75, 3.05) is 37.3 Å². The van der Waals surface area contributed by atoms with Gasteiger partial charge in [0, 0.05) is 24.8 Å². The van der Waals surface area contributed by atoms with Crippen LogP contribution in [0.4, 0.5) is 11.4 Å². The molecular weight excluding hydrogens is 578 g/mol. The van der Waals surface area contributed by atoms with E-state index in [1.54, 1.807) is 12.1 Å². The second-order valence-electron chi connectivity index (χ2n) is 9.11. The summed E-state index contributed by atoms with van der Waals surface area (Å²) in [5, 5.41) is 2.73. The smallest absolute Gasteiger partial charge is 0.262 e. The molecule has 0 unspecified atom stereocenters. The van der Waals surface area contributed by atoms with E-state index in [0.29, 0.717) is 30.3 Å². The molecule has 0 radical (unpaired) electrons. The standard InChI is InChI=1S/C27H30ClN3O7S2/c1-37-20-9-14-26(38-2)25(17-20)30-39(33,34)21-10-7-19(8-11-21)29-27(32)23-18-22(12-13-24(23)28)40(35,36)31-15-5-3-4-6-16-31/h7-14,17-18,30H,3-6,15-16H2,1-2H3,(H,29,32). The molecule has 10 nitrogen and oxygen atoms in total. The van der Waals surface area contributed by atoms with E-state index in [4.69, 9.17) is 21.1 Å². The van der Waals surface area contributed by atoms with Gasteiger partial charge in [-0.05, 0) is 67.4 Å². The zero-order chi connectivity index (χ0) is 28.9. The van der Waals surface area contributed by atoms with Crippen molar-refractivity contribution < 1.29 is 31.1 Å². The number of hydrogen-bond acceptors (Lipinski definition) is 7. The molecule has 1 aliphatic heterocycles. The second kappa shape index (κ2) is 12.5. The van der Waals surface area contributed by atoms with Gasteiger partial charge in [-0.25, -0.2) is 16.8 Å². The number of methoxy groups -OCH3 is 2. The largest absolute Gasteiger partial charge is 0.497 e. The minimum absolute atomic E-state index is 0.00978. The molecule has 4 rings (SSSR count). The molecule has 2 N–H and O–H groups in total. The van der Waals surface area contributed by atoms with Crippen LogP contribution in [0, 0.1) is 0 Å². The van der Waals surface area contributed by atoms with Crippen molar-refractivity contribution in [2.24, 2.45) is 0 Å². The number of benzene rings is 3. The lowest BCUT2D eigenvalue weighted by Crippen LogP contribution is -2.32. The normalized spacial score (nSPS) is 14.7. The molecule has 1 fully saturated rings. The Labute approximate surface area is 239 Å². The van der Waals surface area contributed by atoms with Gasteiger partial charge in [-0.2, -0.15) is 4.31 Å². The first-order valence-corrected chi connectivity index (χ1v) is 15.8. The fourth-order valence-corrected chi connectivity index (χ4v) is 7.09. The Balaban J connectivity index is 1.51. The summed E-state index contributed by atoms with van der Waals surface area (Å²) in [6.07, 6.45) is 3.53. The molecule has 1 saturated heterocycles. The predicted octanol–water partition coefficient (Wildman–Crippen LogP) is 4.98. The molecule has 0 aromatic heterocycles. The van der Waals surface area contributed by atoms with Crippen LogP contribution in [0.2, 0.25) is 5.02 Å². The summed E-state index contributed by atoms with van der Waals surface area (Å²) in [6, 6.07) is 14.2. The summed E-state index contributed by atoms with van der Waals surface area (Å²) in [4.78, 5) is 13.0. The summed E-state index contributed by atoms with van der Waals surface area (Å²) in [5.74, 6) is 0.122. The van der Waals surface area contributed by atoms with Crippen molar-refractivity contribution >= 4 is 48.9 Å². The van der Waals surface area contributed by atoms with E-state index in [1.165, 1.54) is 67.1 Å². The number of amides is 1. The third kappa shape index (κ3) is 6.69. The van der Waals surface area contributed by atoms with Crippen molar-refractivity contribution in [3.63, 3.8) is 0 Å². The molecule has 1 heterocycles. The Morgan fingerprint density at radius 2 is 1.48 bits per heavy atom. The third-order valence-electron chi connectivity index (χ3n) is 6.46. The molecule has 40 heavy (non-hydrogen) atoms. The van der Waals surface area contributed by atoms with Crippen LogP contribution in [0.1, 0.15) is 36.0 Å². The lowest BCUT2D eigenvalue weighted by molar-refractivity contribution is 0.102. The van der Waals surface area contributed by atoms with Crippen LogP contribution in [0.5, 0.6) is 11.5 Å². The Morgan fingerprint density at radius 3 is 2.10 bits per heavy atom. The van der Waals surface area contributed by atoms with Crippen molar-refractivity contribution in [3.8, 4) is 11.5 Å². The number of carbonyl (C=O) groups excluding carboxylic acids is 1. The topological polar surface area (TPSA) is 131 Å². The molecule has 0 spiro atoms. The van der Waals surface area contributed by atoms with Crippen LogP contribution < -0.4 is 19.5 Å². The van der Waals surface area contributed by atoms with Crippen LogP contribution in [0.15, 0.2) is 70.5 Å². The second-order valence-corrected chi connectivity index (χ2v) is 13.1. The van der Waals surface area contributed by atoms with E-state index >= 15 is 0 Å². The van der Waals surface area contributed by atoms with Gasteiger partial charge in [0.2, 0.25) is 10.0 Å². The number of sulfonamides is 2. The van der Waals surface area contributed by atoms with Crippen LogP contribution in [-0.2, 0) is 20.0 Å². The Kier molecular flexibility index (Phi) is 9.24. The minimum Gasteiger partial charge on any atom is -0.497 e. The van der Waals surface area contributed by atoms with Gasteiger partial charge in [0.25, 0.3) is 15.9 Å². The van der Waals surface area contributed by atoms with Crippen LogP contribution in [0.25, 0.3) is 0 Å². The van der Waals surface area contributed by atoms with Gasteiger partial charge in [0.05, 0.1) is 40.3 Å². The maximum absolute atomic E-state index is 13.2. The first-order chi connectivity index (χ1) is 19.0. The molecule has 0 saturated carbocycles. The van der Waals surface area contributed by atoms with Gasteiger partial charge in [-0.15, -0.1) is 0 Å². The Hall–Kier alpha value is -3.32. The fraction of sp³-hybridized carbons (Fsp3) is 0.296. The first-order valence-electron chi connectivity index (χ1n) is 12.5. The van der Waals surface area contributed by atoms with E-state index in [0.717, 1.165) is 25.7 Å². The molecule has 0 atom stereocenters. The summed E-state index contributed by atoms with van der Waals surface area (Å²) in [5.41, 5.74) is 0.477. The Morgan fingerprint density at radius 1 is 0.825 bits per heavy atom. The van der Waals surface area contributed by atoms with E-state index in [2.05, 4.69) is 10.0 Å². The highest BCUT2D eigenvalue weighted by molar-refractivity contribution is 7.92. The molecule has 1 amide bonds. The molecule has 214 valence electrons. The maximum atomic E-state index is 13.2. The number of hydrogen-bond donors (Lipinski definition) is 2. The summed E-state index contributed by atoms with van der Waals surface area (Å²) in [7, 11) is -4.90. The number of halogens is 1. The predicted molar refractivity (Wildman–Crippen MR) is 153 cm³/mol. The summed E-state index contributed by atoms with van der Waals surface area (Å²) >= 11 is 6.25. The Bertz CT molecular complexity index is 1590. The summed E-state index contributed by atoms with van der Waals surface area (Å²) < 4.78 is 66.7. The van der Waals surface area contributed by atoms with E-state index in [9.17, 15) is 21.6 Å². The molecule has 0 aliphatic carbocycles. The van der Waals surface area contributed by atoms with E-state index < -0.39 is 26.0 Å². The highest BCUT2D eigenvalue weighted by Crippen LogP contribution is 2.31. The number of ether oxygens (including phenoxy) is 2. The van der Waals surface area contributed by atoms with Crippen LogP contribution >= 0.6 is 11.6 Å². The fourth-order valence-electron chi connectivity index (χ4n) is 4.28. The zero-order valence-electron chi connectivity index (χ0n) is 22.0. The van der Waals surface area contributed by atoms with Gasteiger partial charge in [0.15, 0.2) is 0 Å². The monoisotopic (exact) mass is 607 g/mol. The number of nitrogens with zero attached hydrogens (tertiary/aromatic N) is 1. The van der Waals surface area contributed by atoms with E-state index in [1.807, 2.05) is 0 Å². The third-order valence-corrected chi connectivity index (χ3v) is 10.1. The molecule has 3 aromatic carbocycles. The molecule has 0 bridgehead atoms. The highest BCUT2D eigenvalue weighted by atomic mass is 35.5. The van der Waals surface area contributed by atoms with Crippen molar-refractivity contribution in [3.05, 3.63) is 71.2 Å². The summed E-state index contributed by atoms with van der Waals surface area (Å²) in [6.45, 7) is 0.863. The number of nitrogens with one attached hydrogen (secondary N) is 2. The molecule has 13 heteroatoms. The zero-order valence-corrected chi connectivity index (χ0v) is 24.4. The quantitative estimate of drug-likeness (QED) is 0.351. The number of rotatable bonds is 9. The average Bonchev–Trinajstić information content (AvgIpc) is 3.23. The number of carbonyl (C=O) groups is 1. The van der Waals surface area contributed by atoms with Crippen molar-refractivity contribution in [1.29, 1.82) is 0 Å². The lowest BCUT2D eigenvalue weighted by Gasteiger charge is -2.20. The SMILES string of the molecule is COc1ccc(OC)c(NS(=O)(=O)c2ccc(NC(=O)c3cc(S(=O)(=O)N4CCCCCC4)ccc3Cl)cc2)c1. The van der Waals surface area contributed by atoms with Gasteiger partial charge >= 0.3 is 0 Å². The highest BCUT2D eigenvalue weighted by Gasteiger charge is 2.27. The van der Waals surface area contributed by atoms with Crippen LogP contribution in [0.3, 0.4) is 0 Å². The van der Waals surface area contributed by atoms with Crippen molar-refractivity contribution in [2.45, 2.75) is 35.5 Å². The number of anilines is 2. The molecule has 3 aromatic rings. The lowest BCUT2D eigenvalue weighted by atomic mass is 10.2. The van der Waals surface area contributed by atoms with Gasteiger partial charge < -0.3 is 14.8 Å². The van der Waals surface area contributed by atoms with E-state index in [-0.39, 0.29) is 26.1 Å². The van der Waals surface area contributed by atoms with Gasteiger partial charge in [-0.3, -0.25) is 9.52 Å². The molecule has 1 aliphatic rings. The first kappa shape index (κ1) is 29.7.